The molecule has 0 amide bonds. The van der Waals surface area contributed by atoms with Gasteiger partial charge in [0.15, 0.2) is 0 Å². The molecule has 1 fully saturated rings. The Kier molecular flexibility index (Phi) is 4.33. The fourth-order valence-electron chi connectivity index (χ4n) is 2.94. The molecule has 0 saturated carbocycles. The van der Waals surface area contributed by atoms with Crippen LogP contribution in [0.4, 0.5) is 0 Å². The fourth-order valence-corrected chi connectivity index (χ4v) is 4.17. The van der Waals surface area contributed by atoms with Crippen LogP contribution < -0.4 is 5.32 Å². The zero-order chi connectivity index (χ0) is 14.1. The molecule has 0 bridgehead atoms. The predicted molar refractivity (Wildman–Crippen MR) is 80.8 cm³/mol. The van der Waals surface area contributed by atoms with Gasteiger partial charge in [-0.2, -0.15) is 0 Å². The number of thiazole rings is 1. The van der Waals surface area contributed by atoms with Gasteiger partial charge in [-0.25, -0.2) is 4.98 Å². The first kappa shape index (κ1) is 14.9. The van der Waals surface area contributed by atoms with Gasteiger partial charge in [-0.15, -0.1) is 11.3 Å². The van der Waals surface area contributed by atoms with Crippen LogP contribution in [0.2, 0.25) is 0 Å². The molecule has 0 radical (unpaired) electrons. The Morgan fingerprint density at radius 3 is 2.68 bits per heavy atom. The quantitative estimate of drug-likeness (QED) is 0.919. The van der Waals surface area contributed by atoms with Gasteiger partial charge in [-0.3, -0.25) is 0 Å². The number of ether oxygens (including phenoxy) is 1. The molecule has 4 heteroatoms. The lowest BCUT2D eigenvalue weighted by molar-refractivity contribution is -0.102. The van der Waals surface area contributed by atoms with Gasteiger partial charge in [0.1, 0.15) is 5.01 Å². The molecule has 0 aromatic carbocycles. The van der Waals surface area contributed by atoms with Gasteiger partial charge in [-0.1, -0.05) is 13.8 Å². The van der Waals surface area contributed by atoms with Gasteiger partial charge in [0, 0.05) is 17.9 Å². The summed E-state index contributed by atoms with van der Waals surface area (Å²) in [5, 5.41) is 4.80. The average molecular weight is 282 g/mol. The van der Waals surface area contributed by atoms with E-state index < -0.39 is 0 Å². The highest BCUT2D eigenvalue weighted by Gasteiger charge is 2.44. The third-order valence-electron chi connectivity index (χ3n) is 4.52. The highest BCUT2D eigenvalue weighted by Crippen LogP contribution is 2.42. The van der Waals surface area contributed by atoms with Crippen molar-refractivity contribution in [1.29, 1.82) is 0 Å². The number of hydrogen-bond donors (Lipinski definition) is 1. The van der Waals surface area contributed by atoms with Crippen molar-refractivity contribution >= 4 is 11.3 Å². The zero-order valence-corrected chi connectivity index (χ0v) is 13.6. The summed E-state index contributed by atoms with van der Waals surface area (Å²) in [4.78, 5) is 6.25. The maximum Gasteiger partial charge on any atom is 0.113 e. The van der Waals surface area contributed by atoms with Crippen LogP contribution in [-0.2, 0) is 16.7 Å². The lowest BCUT2D eigenvalue weighted by atomic mass is 9.79. The van der Waals surface area contributed by atoms with Crippen molar-refractivity contribution in [3.8, 4) is 0 Å². The molecule has 3 nitrogen and oxygen atoms in total. The lowest BCUT2D eigenvalue weighted by Gasteiger charge is -2.45. The van der Waals surface area contributed by atoms with E-state index in [1.54, 1.807) is 0 Å². The molecular formula is C15H26N2OS. The van der Waals surface area contributed by atoms with Gasteiger partial charge >= 0.3 is 0 Å². The fraction of sp³-hybridized carbons (Fsp3) is 0.800. The van der Waals surface area contributed by atoms with E-state index in [0.29, 0.717) is 0 Å². The molecule has 0 spiro atoms. The number of aromatic nitrogens is 1. The lowest BCUT2D eigenvalue weighted by Crippen LogP contribution is -2.52. The maximum atomic E-state index is 5.99. The van der Waals surface area contributed by atoms with E-state index in [4.69, 9.17) is 9.72 Å². The summed E-state index contributed by atoms with van der Waals surface area (Å²) in [6, 6.07) is 0. The van der Waals surface area contributed by atoms with Crippen molar-refractivity contribution < 1.29 is 4.74 Å². The molecule has 1 aliphatic heterocycles. The first-order valence-corrected chi connectivity index (χ1v) is 8.10. The van der Waals surface area contributed by atoms with Crippen molar-refractivity contribution in [3.05, 3.63) is 15.6 Å². The summed E-state index contributed by atoms with van der Waals surface area (Å²) in [5.74, 6) is 0. The van der Waals surface area contributed by atoms with Gasteiger partial charge in [-0.05, 0) is 40.2 Å². The number of rotatable bonds is 4. The predicted octanol–water partition coefficient (Wildman–Crippen LogP) is 3.41. The van der Waals surface area contributed by atoms with E-state index in [2.05, 4.69) is 40.1 Å². The van der Waals surface area contributed by atoms with E-state index in [9.17, 15) is 0 Å². The Morgan fingerprint density at radius 2 is 2.16 bits per heavy atom. The number of nitrogens with one attached hydrogen (secondary N) is 1. The average Bonchev–Trinajstić information content (AvgIpc) is 2.80. The summed E-state index contributed by atoms with van der Waals surface area (Å²) in [6.45, 7) is 9.60. The summed E-state index contributed by atoms with van der Waals surface area (Å²) in [5.41, 5.74) is 1.21. The molecule has 19 heavy (non-hydrogen) atoms. The molecule has 0 aliphatic carbocycles. The van der Waals surface area contributed by atoms with Crippen molar-refractivity contribution in [2.75, 3.05) is 13.7 Å². The van der Waals surface area contributed by atoms with Gasteiger partial charge < -0.3 is 10.1 Å². The van der Waals surface area contributed by atoms with Crippen LogP contribution in [0.15, 0.2) is 0 Å². The third kappa shape index (κ3) is 2.71. The molecule has 1 aromatic heterocycles. The van der Waals surface area contributed by atoms with Crippen molar-refractivity contribution in [2.24, 2.45) is 0 Å². The first-order valence-electron chi connectivity index (χ1n) is 7.28. The van der Waals surface area contributed by atoms with Crippen LogP contribution in [0.3, 0.4) is 0 Å². The topological polar surface area (TPSA) is 34.2 Å². The second-order valence-electron chi connectivity index (χ2n) is 5.79. The minimum atomic E-state index is -0.0345. The molecule has 1 saturated heterocycles. The molecule has 1 N–H and O–H groups in total. The van der Waals surface area contributed by atoms with E-state index in [0.717, 1.165) is 32.3 Å². The van der Waals surface area contributed by atoms with E-state index in [-0.39, 0.29) is 11.1 Å². The van der Waals surface area contributed by atoms with E-state index in [1.807, 2.05) is 11.3 Å². The monoisotopic (exact) mass is 282 g/mol. The van der Waals surface area contributed by atoms with Crippen LogP contribution in [0.25, 0.3) is 0 Å². The molecular weight excluding hydrogens is 256 g/mol. The van der Waals surface area contributed by atoms with Gasteiger partial charge in [0.05, 0.1) is 16.8 Å². The Bertz CT molecular complexity index is 445. The molecule has 2 heterocycles. The van der Waals surface area contributed by atoms with Gasteiger partial charge in [0.2, 0.25) is 0 Å². The van der Waals surface area contributed by atoms with Crippen molar-refractivity contribution in [2.45, 2.75) is 64.5 Å². The summed E-state index contributed by atoms with van der Waals surface area (Å²) >= 11 is 1.85. The van der Waals surface area contributed by atoms with Crippen LogP contribution in [0.5, 0.6) is 0 Å². The van der Waals surface area contributed by atoms with Crippen LogP contribution in [0.1, 0.15) is 55.6 Å². The second-order valence-corrected chi connectivity index (χ2v) is 6.99. The van der Waals surface area contributed by atoms with Crippen LogP contribution in [-0.4, -0.2) is 24.2 Å². The minimum absolute atomic E-state index is 0.00808. The molecule has 2 rings (SSSR count). The van der Waals surface area contributed by atoms with Gasteiger partial charge in [0.25, 0.3) is 0 Å². The second kappa shape index (κ2) is 5.51. The molecule has 1 aromatic rings. The molecule has 2 unspecified atom stereocenters. The Morgan fingerprint density at radius 1 is 1.42 bits per heavy atom. The standard InChI is InChI=1S/C15H26N2OS/c1-6-12-11(3)19-13(17-12)15(16-5)8-9-18-14(4,7-2)10-15/h16H,6-10H2,1-5H3. The summed E-state index contributed by atoms with van der Waals surface area (Å²) in [6.07, 6.45) is 4.07. The maximum absolute atomic E-state index is 5.99. The number of hydrogen-bond acceptors (Lipinski definition) is 4. The number of aryl methyl sites for hydroxylation is 2. The summed E-state index contributed by atoms with van der Waals surface area (Å²) in [7, 11) is 2.06. The zero-order valence-electron chi connectivity index (χ0n) is 12.8. The van der Waals surface area contributed by atoms with Crippen molar-refractivity contribution in [1.82, 2.24) is 10.3 Å². The highest BCUT2D eigenvalue weighted by molar-refractivity contribution is 7.11. The number of nitrogens with zero attached hydrogens (tertiary/aromatic N) is 1. The third-order valence-corrected chi connectivity index (χ3v) is 5.74. The Labute approximate surface area is 120 Å². The molecule has 108 valence electrons. The smallest absolute Gasteiger partial charge is 0.113 e. The van der Waals surface area contributed by atoms with Crippen LogP contribution in [0, 0.1) is 6.92 Å². The normalized spacial score (nSPS) is 31.6. The highest BCUT2D eigenvalue weighted by atomic mass is 32.1. The molecule has 1 aliphatic rings. The Hall–Kier alpha value is -0.450. The van der Waals surface area contributed by atoms with Crippen molar-refractivity contribution in [3.63, 3.8) is 0 Å². The van der Waals surface area contributed by atoms with E-state index in [1.165, 1.54) is 15.6 Å². The summed E-state index contributed by atoms with van der Waals surface area (Å²) < 4.78 is 5.99. The SMILES string of the molecule is CCc1nc(C2(NC)CCOC(C)(CC)C2)sc1C. The Balaban J connectivity index is 2.36. The largest absolute Gasteiger partial charge is 0.375 e. The molecule has 2 atom stereocenters. The van der Waals surface area contributed by atoms with Crippen LogP contribution >= 0.6 is 11.3 Å². The minimum Gasteiger partial charge on any atom is -0.375 e. The first-order chi connectivity index (χ1) is 8.98. The van der Waals surface area contributed by atoms with E-state index >= 15 is 0 Å².